The molecule has 26 heavy (non-hydrogen) atoms. The molecule has 136 valence electrons. The third-order valence-electron chi connectivity index (χ3n) is 4.01. The second-order valence-electron chi connectivity index (χ2n) is 5.89. The first-order valence-corrected chi connectivity index (χ1v) is 8.02. The van der Waals surface area contributed by atoms with Gasteiger partial charge in [0, 0.05) is 17.7 Å². The fraction of sp³-hybridized carbons (Fsp3) is 0.250. The van der Waals surface area contributed by atoms with Gasteiger partial charge in [-0.15, -0.1) is 0 Å². The molecule has 0 aliphatic heterocycles. The molecule has 0 atom stereocenters. The zero-order valence-corrected chi connectivity index (χ0v) is 15.2. The van der Waals surface area contributed by atoms with Gasteiger partial charge in [-0.05, 0) is 54.8 Å². The lowest BCUT2D eigenvalue weighted by atomic mass is 9.96. The van der Waals surface area contributed by atoms with Crippen molar-refractivity contribution in [3.8, 4) is 0 Å². The van der Waals surface area contributed by atoms with Gasteiger partial charge >= 0.3 is 12.1 Å². The van der Waals surface area contributed by atoms with Crippen LogP contribution in [0.5, 0.6) is 0 Å². The number of Topliss-reactive ketones (excluding diaryl/α,β-unsaturated/α-hetero) is 1. The first-order valence-electron chi connectivity index (χ1n) is 8.02. The van der Waals surface area contributed by atoms with E-state index in [1.165, 1.54) is 14.2 Å². The summed E-state index contributed by atoms with van der Waals surface area (Å²) >= 11 is 0. The van der Waals surface area contributed by atoms with Crippen LogP contribution in [0, 0.1) is 13.8 Å². The topological polar surface area (TPSA) is 81.7 Å². The predicted molar refractivity (Wildman–Crippen MR) is 97.8 cm³/mol. The van der Waals surface area contributed by atoms with Crippen LogP contribution in [0.1, 0.15) is 37.4 Å². The van der Waals surface area contributed by atoms with Crippen LogP contribution in [-0.4, -0.2) is 32.1 Å². The first kappa shape index (κ1) is 19.2. The van der Waals surface area contributed by atoms with Gasteiger partial charge in [-0.3, -0.25) is 10.1 Å². The van der Waals surface area contributed by atoms with E-state index in [9.17, 15) is 14.4 Å². The molecular formula is C20H21NO5. The summed E-state index contributed by atoms with van der Waals surface area (Å²) in [5, 5.41) is 2.62. The summed E-state index contributed by atoms with van der Waals surface area (Å²) in [4.78, 5) is 35.7. The molecule has 0 heterocycles. The number of carbonyl (C=O) groups is 3. The Balaban J connectivity index is 2.23. The second-order valence-corrected chi connectivity index (χ2v) is 5.89. The molecule has 0 saturated carbocycles. The van der Waals surface area contributed by atoms with Crippen molar-refractivity contribution in [1.29, 1.82) is 0 Å². The largest absolute Gasteiger partial charge is 0.465 e. The fourth-order valence-electron chi connectivity index (χ4n) is 2.62. The van der Waals surface area contributed by atoms with Gasteiger partial charge in [0.1, 0.15) is 0 Å². The molecule has 2 aromatic carbocycles. The molecule has 0 aliphatic carbocycles. The van der Waals surface area contributed by atoms with E-state index in [1.807, 2.05) is 0 Å². The van der Waals surface area contributed by atoms with Crippen LogP contribution in [0.2, 0.25) is 0 Å². The molecule has 0 spiro atoms. The van der Waals surface area contributed by atoms with E-state index in [2.05, 4.69) is 10.1 Å². The lowest BCUT2D eigenvalue weighted by Gasteiger charge is -2.12. The molecule has 0 unspecified atom stereocenters. The molecule has 0 saturated heterocycles. The maximum atomic E-state index is 12.7. The molecule has 2 aromatic rings. The summed E-state index contributed by atoms with van der Waals surface area (Å²) in [6.45, 7) is 3.61. The smallest absolute Gasteiger partial charge is 0.411 e. The van der Waals surface area contributed by atoms with Crippen LogP contribution < -0.4 is 5.32 Å². The summed E-state index contributed by atoms with van der Waals surface area (Å²) in [7, 11) is 2.61. The van der Waals surface area contributed by atoms with E-state index in [-0.39, 0.29) is 12.2 Å². The monoisotopic (exact) mass is 355 g/mol. The van der Waals surface area contributed by atoms with Gasteiger partial charge in [0.25, 0.3) is 0 Å². The zero-order valence-electron chi connectivity index (χ0n) is 15.2. The van der Waals surface area contributed by atoms with Crippen LogP contribution in [0.15, 0.2) is 36.4 Å². The molecule has 1 amide bonds. The Hall–Kier alpha value is -3.15. The third kappa shape index (κ3) is 4.47. The summed E-state index contributed by atoms with van der Waals surface area (Å²) in [5.41, 5.74) is 3.80. The van der Waals surface area contributed by atoms with Gasteiger partial charge < -0.3 is 9.47 Å². The lowest BCUT2D eigenvalue weighted by Crippen LogP contribution is -2.13. The molecule has 0 aliphatic rings. The molecule has 0 bridgehead atoms. The van der Waals surface area contributed by atoms with Crippen LogP contribution in [0.4, 0.5) is 10.5 Å². The maximum absolute atomic E-state index is 12.7. The molecule has 0 radical (unpaired) electrons. The highest BCUT2D eigenvalue weighted by atomic mass is 16.5. The Kier molecular flexibility index (Phi) is 6.11. The Morgan fingerprint density at radius 2 is 1.69 bits per heavy atom. The summed E-state index contributed by atoms with van der Waals surface area (Å²) in [6, 6.07) is 10.3. The van der Waals surface area contributed by atoms with Gasteiger partial charge in [-0.25, -0.2) is 9.59 Å². The number of hydrogen-bond donors (Lipinski definition) is 1. The van der Waals surface area contributed by atoms with E-state index in [1.54, 1.807) is 50.2 Å². The summed E-state index contributed by atoms with van der Waals surface area (Å²) in [5.74, 6) is -0.512. The van der Waals surface area contributed by atoms with Crippen LogP contribution in [0.25, 0.3) is 0 Å². The molecule has 0 aromatic heterocycles. The van der Waals surface area contributed by atoms with E-state index in [4.69, 9.17) is 4.74 Å². The van der Waals surface area contributed by atoms with E-state index >= 15 is 0 Å². The van der Waals surface area contributed by atoms with Crippen LogP contribution in [-0.2, 0) is 15.9 Å². The highest BCUT2D eigenvalue weighted by Crippen LogP contribution is 2.22. The minimum atomic E-state index is -0.564. The fourth-order valence-corrected chi connectivity index (χ4v) is 2.62. The Bertz CT molecular complexity index is 857. The minimum absolute atomic E-state index is 0.0720. The van der Waals surface area contributed by atoms with Gasteiger partial charge in [0.2, 0.25) is 0 Å². The normalized spacial score (nSPS) is 10.2. The number of esters is 1. The number of aryl methyl sites for hydroxylation is 2. The number of hydrogen-bond acceptors (Lipinski definition) is 5. The first-order chi connectivity index (χ1) is 12.3. The number of carbonyl (C=O) groups excluding carboxylic acids is 3. The highest BCUT2D eigenvalue weighted by Gasteiger charge is 2.15. The van der Waals surface area contributed by atoms with Crippen molar-refractivity contribution in [3.05, 3.63) is 64.2 Å². The van der Waals surface area contributed by atoms with Crippen molar-refractivity contribution in [2.24, 2.45) is 0 Å². The number of ketones is 1. The molecular weight excluding hydrogens is 334 g/mol. The van der Waals surface area contributed by atoms with Gasteiger partial charge in [-0.1, -0.05) is 12.1 Å². The number of nitrogens with one attached hydrogen (secondary N) is 1. The van der Waals surface area contributed by atoms with Crippen LogP contribution >= 0.6 is 0 Å². The lowest BCUT2D eigenvalue weighted by molar-refractivity contribution is 0.0600. The third-order valence-corrected chi connectivity index (χ3v) is 4.01. The Labute approximate surface area is 152 Å². The van der Waals surface area contributed by atoms with Crippen molar-refractivity contribution >= 4 is 23.5 Å². The molecule has 6 nitrogen and oxygen atoms in total. The quantitative estimate of drug-likeness (QED) is 0.653. The molecule has 0 fully saturated rings. The molecule has 1 N–H and O–H groups in total. The number of benzene rings is 2. The molecule has 6 heteroatoms. The van der Waals surface area contributed by atoms with E-state index in [0.717, 1.165) is 16.7 Å². The number of rotatable bonds is 5. The SMILES string of the molecule is COC(=O)Nc1cc(C)c(C(=O)Cc2cccc(C(=O)OC)c2)cc1C. The van der Waals surface area contributed by atoms with Crippen molar-refractivity contribution in [2.75, 3.05) is 19.5 Å². The standard InChI is InChI=1S/C20H21NO5/c1-12-9-17(21-20(24)26-4)13(2)8-16(12)18(22)11-14-6-5-7-15(10-14)19(23)25-3/h5-10H,11H2,1-4H3,(H,21,24). The van der Waals surface area contributed by atoms with Gasteiger partial charge in [0.15, 0.2) is 5.78 Å². The minimum Gasteiger partial charge on any atom is -0.465 e. The van der Waals surface area contributed by atoms with E-state index in [0.29, 0.717) is 16.8 Å². The molecule has 2 rings (SSSR count). The van der Waals surface area contributed by atoms with Gasteiger partial charge in [0.05, 0.1) is 19.8 Å². The Morgan fingerprint density at radius 1 is 0.962 bits per heavy atom. The van der Waals surface area contributed by atoms with Crippen molar-refractivity contribution in [2.45, 2.75) is 20.3 Å². The van der Waals surface area contributed by atoms with Crippen molar-refractivity contribution < 1.29 is 23.9 Å². The highest BCUT2D eigenvalue weighted by molar-refractivity contribution is 6.00. The second kappa shape index (κ2) is 8.29. The summed E-state index contributed by atoms with van der Waals surface area (Å²) in [6.07, 6.45) is -0.402. The van der Waals surface area contributed by atoms with Crippen molar-refractivity contribution in [1.82, 2.24) is 0 Å². The summed E-state index contributed by atoms with van der Waals surface area (Å²) < 4.78 is 9.29. The van der Waals surface area contributed by atoms with Gasteiger partial charge in [-0.2, -0.15) is 0 Å². The Morgan fingerprint density at radius 3 is 2.35 bits per heavy atom. The predicted octanol–water partition coefficient (Wildman–Crippen LogP) is 3.69. The zero-order chi connectivity index (χ0) is 19.3. The van der Waals surface area contributed by atoms with Crippen molar-refractivity contribution in [3.63, 3.8) is 0 Å². The maximum Gasteiger partial charge on any atom is 0.411 e. The number of amides is 1. The number of anilines is 1. The average Bonchev–Trinajstić information content (AvgIpc) is 2.63. The average molecular weight is 355 g/mol. The van der Waals surface area contributed by atoms with E-state index < -0.39 is 12.1 Å². The van der Waals surface area contributed by atoms with Crippen LogP contribution in [0.3, 0.4) is 0 Å². The number of ether oxygens (including phenoxy) is 2. The number of methoxy groups -OCH3 is 2.